The Labute approximate surface area is 367 Å². The number of hydrogen-bond donors (Lipinski definition) is 0. The van der Waals surface area contributed by atoms with Crippen LogP contribution in [0, 0.1) is 20.8 Å². The first kappa shape index (κ1) is 40.1. The number of hydrogen-bond acceptors (Lipinski definition) is 2. The molecule has 3 heteroatoms. The molecule has 4 aliphatic rings. The lowest BCUT2D eigenvalue weighted by molar-refractivity contribution is 0.332. The maximum absolute atomic E-state index is 2.71. The standard InChI is InChI=1S/C58H65BN2/c1-35-26-51-53-52(27-35)61(49-32-44-41(29-37(49)3)57(11,12)34-58(44,13)14)50-33-43-42(55(7,8)24-25-56(43,9)10)31-46(50)59(53)45-30-39(38-18-16-15-17-19-38)20-22-48(45)60(51)47-23-21-40(28-36(47)2)54(4,5)6/h15-23,26-33H,24-25,34H2,1-14H3. The maximum atomic E-state index is 2.71. The van der Waals surface area contributed by atoms with Crippen molar-refractivity contribution in [2.45, 2.75) is 143 Å². The molecule has 310 valence electrons. The zero-order chi connectivity index (χ0) is 43.3. The van der Waals surface area contributed by atoms with Crippen LogP contribution in [-0.4, -0.2) is 6.71 Å². The molecule has 0 N–H and O–H groups in total. The predicted molar refractivity (Wildman–Crippen MR) is 265 cm³/mol. The molecule has 0 atom stereocenters. The summed E-state index contributed by atoms with van der Waals surface area (Å²) in [4.78, 5) is 5.33. The van der Waals surface area contributed by atoms with Gasteiger partial charge in [0.2, 0.25) is 0 Å². The molecule has 0 saturated carbocycles. The van der Waals surface area contributed by atoms with Gasteiger partial charge in [0, 0.05) is 34.1 Å². The van der Waals surface area contributed by atoms with Crippen LogP contribution in [0.3, 0.4) is 0 Å². The highest BCUT2D eigenvalue weighted by molar-refractivity contribution is 7.00. The van der Waals surface area contributed by atoms with E-state index in [0.29, 0.717) is 0 Å². The van der Waals surface area contributed by atoms with E-state index in [9.17, 15) is 0 Å². The zero-order valence-electron chi connectivity index (χ0n) is 39.4. The van der Waals surface area contributed by atoms with Gasteiger partial charge in [0.25, 0.3) is 6.71 Å². The molecule has 0 amide bonds. The molecule has 2 heterocycles. The number of aryl methyl sites for hydroxylation is 3. The summed E-state index contributed by atoms with van der Waals surface area (Å²) in [5, 5.41) is 0. The molecule has 0 aromatic heterocycles. The summed E-state index contributed by atoms with van der Waals surface area (Å²) in [6.07, 6.45) is 3.51. The van der Waals surface area contributed by atoms with E-state index in [-0.39, 0.29) is 33.8 Å². The van der Waals surface area contributed by atoms with E-state index in [1.54, 1.807) is 0 Å². The first-order valence-corrected chi connectivity index (χ1v) is 23.0. The molecule has 0 unspecified atom stereocenters. The Morgan fingerprint density at radius 3 is 1.61 bits per heavy atom. The molecular formula is C58H65BN2. The Morgan fingerprint density at radius 2 is 0.984 bits per heavy atom. The van der Waals surface area contributed by atoms with Crippen LogP contribution in [0.5, 0.6) is 0 Å². The normalized spacial score (nSPS) is 18.6. The zero-order valence-corrected chi connectivity index (χ0v) is 39.4. The van der Waals surface area contributed by atoms with Gasteiger partial charge in [-0.3, -0.25) is 0 Å². The molecule has 10 rings (SSSR count). The van der Waals surface area contributed by atoms with E-state index in [0.717, 1.165) is 6.42 Å². The molecule has 0 radical (unpaired) electrons. The fraction of sp³-hybridized carbons (Fsp3) is 0.379. The largest absolute Gasteiger partial charge is 0.311 e. The first-order valence-electron chi connectivity index (χ1n) is 23.0. The van der Waals surface area contributed by atoms with Crippen LogP contribution in [0.1, 0.15) is 140 Å². The van der Waals surface area contributed by atoms with Gasteiger partial charge in [-0.15, -0.1) is 0 Å². The second-order valence-corrected chi connectivity index (χ2v) is 23.1. The Kier molecular flexibility index (Phi) is 8.55. The maximum Gasteiger partial charge on any atom is 0.252 e. The van der Waals surface area contributed by atoms with E-state index in [1.165, 1.54) is 119 Å². The molecule has 0 fully saturated rings. The van der Waals surface area contributed by atoms with Crippen molar-refractivity contribution < 1.29 is 0 Å². The fourth-order valence-electron chi connectivity index (χ4n) is 12.3. The van der Waals surface area contributed by atoms with Crippen LogP contribution in [0.2, 0.25) is 0 Å². The number of fused-ring (bicyclic) bond motifs is 6. The van der Waals surface area contributed by atoms with E-state index < -0.39 is 0 Å². The summed E-state index contributed by atoms with van der Waals surface area (Å²) >= 11 is 0. The molecule has 6 aromatic rings. The Morgan fingerprint density at radius 1 is 0.459 bits per heavy atom. The highest BCUT2D eigenvalue weighted by Crippen LogP contribution is 2.55. The van der Waals surface area contributed by atoms with Crippen molar-refractivity contribution in [1.82, 2.24) is 0 Å². The second-order valence-electron chi connectivity index (χ2n) is 23.1. The van der Waals surface area contributed by atoms with Gasteiger partial charge in [-0.05, 0) is 176 Å². The minimum atomic E-state index is 0.0529. The van der Waals surface area contributed by atoms with Gasteiger partial charge in [0.1, 0.15) is 0 Å². The van der Waals surface area contributed by atoms with Gasteiger partial charge in [0.05, 0.1) is 0 Å². The van der Waals surface area contributed by atoms with Gasteiger partial charge < -0.3 is 9.80 Å². The Bertz CT molecular complexity index is 2810. The van der Waals surface area contributed by atoms with Gasteiger partial charge >= 0.3 is 0 Å². The van der Waals surface area contributed by atoms with Crippen molar-refractivity contribution in [2.24, 2.45) is 0 Å². The third-order valence-corrected chi connectivity index (χ3v) is 15.5. The Hall–Kier alpha value is -5.02. The number of benzene rings is 6. The topological polar surface area (TPSA) is 6.48 Å². The van der Waals surface area contributed by atoms with Crippen LogP contribution in [0.15, 0.2) is 103 Å². The molecule has 0 bridgehead atoms. The number of rotatable bonds is 3. The minimum absolute atomic E-state index is 0.0529. The van der Waals surface area contributed by atoms with Gasteiger partial charge in [-0.1, -0.05) is 143 Å². The summed E-state index contributed by atoms with van der Waals surface area (Å²) in [6, 6.07) is 41.0. The van der Waals surface area contributed by atoms with Crippen molar-refractivity contribution in [3.63, 3.8) is 0 Å². The lowest BCUT2D eigenvalue weighted by Crippen LogP contribution is -2.62. The molecule has 6 aromatic carbocycles. The highest BCUT2D eigenvalue weighted by atomic mass is 15.2. The van der Waals surface area contributed by atoms with Crippen molar-refractivity contribution in [3.05, 3.63) is 148 Å². The second kappa shape index (κ2) is 13.0. The first-order chi connectivity index (χ1) is 28.6. The van der Waals surface area contributed by atoms with Crippen molar-refractivity contribution in [3.8, 4) is 11.1 Å². The number of nitrogens with zero attached hydrogens (tertiary/aromatic N) is 2. The van der Waals surface area contributed by atoms with Crippen molar-refractivity contribution in [1.29, 1.82) is 0 Å². The summed E-state index contributed by atoms with van der Waals surface area (Å²) < 4.78 is 0. The lowest BCUT2D eigenvalue weighted by atomic mass is 9.33. The predicted octanol–water partition coefficient (Wildman–Crippen LogP) is 14.0. The summed E-state index contributed by atoms with van der Waals surface area (Å²) in [5.41, 5.74) is 26.2. The average Bonchev–Trinajstić information content (AvgIpc) is 3.37. The Balaban J connectivity index is 1.33. The van der Waals surface area contributed by atoms with Crippen molar-refractivity contribution in [2.75, 3.05) is 9.80 Å². The van der Waals surface area contributed by atoms with Crippen LogP contribution in [0.25, 0.3) is 11.1 Å². The van der Waals surface area contributed by atoms with Crippen LogP contribution in [-0.2, 0) is 27.1 Å². The third-order valence-electron chi connectivity index (χ3n) is 15.5. The molecule has 2 aliphatic carbocycles. The SMILES string of the molecule is Cc1cc2c3c(c1)N(c1cc4c(cc1C)C(C)(C)CC4(C)C)c1cc4c(cc1B3c1cc(-c3ccccc3)ccc1N2c1ccc(C(C)(C)C)cc1C)C(C)(C)CCC4(C)C. The van der Waals surface area contributed by atoms with E-state index in [1.807, 2.05) is 0 Å². The molecule has 2 nitrogen and oxygen atoms in total. The molecular weight excluding hydrogens is 735 g/mol. The molecule has 2 aliphatic heterocycles. The number of anilines is 6. The fourth-order valence-corrected chi connectivity index (χ4v) is 12.3. The van der Waals surface area contributed by atoms with Crippen LogP contribution < -0.4 is 26.2 Å². The molecule has 0 spiro atoms. The highest BCUT2D eigenvalue weighted by Gasteiger charge is 2.48. The van der Waals surface area contributed by atoms with Gasteiger partial charge in [-0.25, -0.2) is 0 Å². The summed E-state index contributed by atoms with van der Waals surface area (Å²) in [6.45, 7) is 33.7. The summed E-state index contributed by atoms with van der Waals surface area (Å²) in [5.74, 6) is 0. The molecule has 61 heavy (non-hydrogen) atoms. The average molecular weight is 801 g/mol. The minimum Gasteiger partial charge on any atom is -0.311 e. The smallest absolute Gasteiger partial charge is 0.252 e. The quantitative estimate of drug-likeness (QED) is 0.164. The monoisotopic (exact) mass is 801 g/mol. The van der Waals surface area contributed by atoms with E-state index >= 15 is 0 Å². The van der Waals surface area contributed by atoms with Crippen molar-refractivity contribution >= 4 is 57.2 Å². The van der Waals surface area contributed by atoms with Crippen LogP contribution in [0.4, 0.5) is 34.1 Å². The van der Waals surface area contributed by atoms with Gasteiger partial charge in [-0.2, -0.15) is 0 Å². The van der Waals surface area contributed by atoms with E-state index in [4.69, 9.17) is 0 Å². The van der Waals surface area contributed by atoms with E-state index in [2.05, 4.69) is 210 Å². The third kappa shape index (κ3) is 6.03. The molecule has 0 saturated heterocycles. The van der Waals surface area contributed by atoms with Crippen LogP contribution >= 0.6 is 0 Å². The van der Waals surface area contributed by atoms with Gasteiger partial charge in [0.15, 0.2) is 0 Å². The lowest BCUT2D eigenvalue weighted by Gasteiger charge is -2.48. The summed E-state index contributed by atoms with van der Waals surface area (Å²) in [7, 11) is 0.